The van der Waals surface area contributed by atoms with Crippen LogP contribution >= 0.6 is 0 Å². The van der Waals surface area contributed by atoms with Crippen molar-refractivity contribution >= 4 is 21.6 Å². The zero-order valence-electron chi connectivity index (χ0n) is 14.0. The molecule has 3 rings (SSSR count). The highest BCUT2D eigenvalue weighted by atomic mass is 32.2. The second kappa shape index (κ2) is 7.64. The third-order valence-electron chi connectivity index (χ3n) is 4.37. The molecule has 0 spiro atoms. The average molecular weight is 370 g/mol. The first-order valence-electron chi connectivity index (χ1n) is 8.22. The molecule has 7 nitrogen and oxygen atoms in total. The highest BCUT2D eigenvalue weighted by Gasteiger charge is 2.32. The molecule has 0 atom stereocenters. The van der Waals surface area contributed by atoms with Gasteiger partial charge in [0.15, 0.2) is 0 Å². The molecule has 134 valence electrons. The second-order valence-electron chi connectivity index (χ2n) is 6.05. The predicted molar refractivity (Wildman–Crippen MR) is 95.5 cm³/mol. The molecule has 1 aliphatic heterocycles. The van der Waals surface area contributed by atoms with Gasteiger partial charge in [-0.2, -0.15) is 9.57 Å². The van der Waals surface area contributed by atoms with Crippen LogP contribution in [0.1, 0.15) is 18.4 Å². The molecule has 1 saturated heterocycles. The first-order valence-corrected chi connectivity index (χ1v) is 9.66. The molecule has 0 bridgehead atoms. The van der Waals surface area contributed by atoms with Gasteiger partial charge in [0, 0.05) is 25.2 Å². The summed E-state index contributed by atoms with van der Waals surface area (Å²) in [5, 5.41) is 11.6. The zero-order valence-corrected chi connectivity index (χ0v) is 14.8. The van der Waals surface area contributed by atoms with Crippen LogP contribution in [0, 0.1) is 17.2 Å². The van der Waals surface area contributed by atoms with Crippen molar-refractivity contribution in [3.8, 4) is 6.07 Å². The summed E-state index contributed by atoms with van der Waals surface area (Å²) in [5.41, 5.74) is 1.04. The number of amides is 1. The molecule has 1 aromatic carbocycles. The molecule has 0 unspecified atom stereocenters. The van der Waals surface area contributed by atoms with Crippen LogP contribution in [0.2, 0.25) is 0 Å². The Balaban J connectivity index is 1.62. The lowest BCUT2D eigenvalue weighted by atomic mass is 9.97. The van der Waals surface area contributed by atoms with E-state index in [1.165, 1.54) is 28.6 Å². The fraction of sp³-hybridized carbons (Fsp3) is 0.278. The summed E-state index contributed by atoms with van der Waals surface area (Å²) in [5.74, 6) is -0.351. The first kappa shape index (κ1) is 18.0. The number of nitrogens with one attached hydrogen (secondary N) is 1. The average Bonchev–Trinajstić information content (AvgIpc) is 2.69. The van der Waals surface area contributed by atoms with Gasteiger partial charge in [-0.05, 0) is 49.2 Å². The van der Waals surface area contributed by atoms with Gasteiger partial charge in [0.25, 0.3) is 0 Å². The minimum Gasteiger partial charge on any atom is -0.324 e. The number of rotatable bonds is 4. The third kappa shape index (κ3) is 3.90. The van der Waals surface area contributed by atoms with Crippen LogP contribution in [-0.4, -0.2) is 36.7 Å². The van der Waals surface area contributed by atoms with Crippen LogP contribution < -0.4 is 5.32 Å². The van der Waals surface area contributed by atoms with Crippen LogP contribution in [0.15, 0.2) is 53.7 Å². The number of anilines is 1. The lowest BCUT2D eigenvalue weighted by Crippen LogP contribution is -2.41. The molecule has 1 aliphatic rings. The summed E-state index contributed by atoms with van der Waals surface area (Å²) >= 11 is 0. The van der Waals surface area contributed by atoms with Gasteiger partial charge >= 0.3 is 0 Å². The number of nitrogens with zero attached hydrogens (tertiary/aromatic N) is 3. The number of pyridine rings is 1. The Morgan fingerprint density at radius 3 is 2.46 bits per heavy atom. The van der Waals surface area contributed by atoms with Gasteiger partial charge in [0.1, 0.15) is 0 Å². The van der Waals surface area contributed by atoms with Gasteiger partial charge < -0.3 is 5.32 Å². The van der Waals surface area contributed by atoms with Crippen LogP contribution in [0.25, 0.3) is 0 Å². The molecule has 0 radical (unpaired) electrons. The smallest absolute Gasteiger partial charge is 0.243 e. The number of hydrogen-bond donors (Lipinski definition) is 1. The van der Waals surface area contributed by atoms with Crippen molar-refractivity contribution in [2.24, 2.45) is 5.92 Å². The van der Waals surface area contributed by atoms with Gasteiger partial charge in [0.05, 0.1) is 28.4 Å². The molecule has 1 N–H and O–H groups in total. The highest BCUT2D eigenvalue weighted by molar-refractivity contribution is 7.89. The van der Waals surface area contributed by atoms with E-state index in [4.69, 9.17) is 5.26 Å². The van der Waals surface area contributed by atoms with E-state index in [-0.39, 0.29) is 29.8 Å². The maximum atomic E-state index is 12.7. The first-order chi connectivity index (χ1) is 12.5. The van der Waals surface area contributed by atoms with Crippen LogP contribution in [0.5, 0.6) is 0 Å². The summed E-state index contributed by atoms with van der Waals surface area (Å²) in [4.78, 5) is 16.4. The van der Waals surface area contributed by atoms with Crippen molar-refractivity contribution in [3.05, 3.63) is 54.4 Å². The van der Waals surface area contributed by atoms with Crippen molar-refractivity contribution in [2.75, 3.05) is 18.4 Å². The zero-order chi connectivity index (χ0) is 18.6. The summed E-state index contributed by atoms with van der Waals surface area (Å²) in [6, 6.07) is 11.3. The number of aromatic nitrogens is 1. The topological polar surface area (TPSA) is 103 Å². The molecule has 0 aliphatic carbocycles. The van der Waals surface area contributed by atoms with E-state index in [9.17, 15) is 13.2 Å². The summed E-state index contributed by atoms with van der Waals surface area (Å²) in [6.07, 6.45) is 4.12. The largest absolute Gasteiger partial charge is 0.324 e. The number of sulfonamides is 1. The van der Waals surface area contributed by atoms with E-state index in [2.05, 4.69) is 10.3 Å². The Kier molecular flexibility index (Phi) is 5.30. The minimum absolute atomic E-state index is 0.117. The van der Waals surface area contributed by atoms with Gasteiger partial charge in [0.2, 0.25) is 15.9 Å². The van der Waals surface area contributed by atoms with Crippen LogP contribution in [0.4, 0.5) is 5.69 Å². The third-order valence-corrected chi connectivity index (χ3v) is 6.29. The Morgan fingerprint density at radius 2 is 1.88 bits per heavy atom. The van der Waals surface area contributed by atoms with E-state index in [0.29, 0.717) is 24.1 Å². The monoisotopic (exact) mass is 370 g/mol. The highest BCUT2D eigenvalue weighted by Crippen LogP contribution is 2.25. The maximum Gasteiger partial charge on any atom is 0.243 e. The fourth-order valence-corrected chi connectivity index (χ4v) is 4.36. The molecule has 26 heavy (non-hydrogen) atoms. The summed E-state index contributed by atoms with van der Waals surface area (Å²) in [7, 11) is -3.61. The van der Waals surface area contributed by atoms with E-state index in [0.717, 1.165) is 0 Å². The lowest BCUT2D eigenvalue weighted by Gasteiger charge is -2.30. The Labute approximate surface area is 152 Å². The number of benzene rings is 1. The van der Waals surface area contributed by atoms with Gasteiger partial charge in [-0.1, -0.05) is 0 Å². The number of nitriles is 1. The van der Waals surface area contributed by atoms with Crippen molar-refractivity contribution < 1.29 is 13.2 Å². The van der Waals surface area contributed by atoms with E-state index in [1.807, 2.05) is 6.07 Å². The molecule has 1 fully saturated rings. The molecule has 8 heteroatoms. The molecular weight excluding hydrogens is 352 g/mol. The predicted octanol–water partition coefficient (Wildman–Crippen LogP) is 1.99. The molecule has 2 aromatic rings. The molecular formula is C18H18N4O3S. The van der Waals surface area contributed by atoms with Crippen LogP contribution in [0.3, 0.4) is 0 Å². The molecule has 2 heterocycles. The molecule has 0 saturated carbocycles. The Morgan fingerprint density at radius 1 is 1.19 bits per heavy atom. The van der Waals surface area contributed by atoms with E-state index in [1.54, 1.807) is 24.5 Å². The quantitative estimate of drug-likeness (QED) is 0.886. The molecule has 1 aromatic heterocycles. The van der Waals surface area contributed by atoms with Crippen molar-refractivity contribution in [1.29, 1.82) is 5.26 Å². The number of carbonyl (C=O) groups is 1. The molecule has 1 amide bonds. The maximum absolute atomic E-state index is 12.7. The van der Waals surface area contributed by atoms with Gasteiger partial charge in [-0.3, -0.25) is 9.78 Å². The minimum atomic E-state index is -3.61. The van der Waals surface area contributed by atoms with Crippen LogP contribution in [-0.2, 0) is 14.8 Å². The Bertz CT molecular complexity index is 913. The number of piperidine rings is 1. The summed E-state index contributed by atoms with van der Waals surface area (Å²) in [6.45, 7) is 0.570. The van der Waals surface area contributed by atoms with Crippen molar-refractivity contribution in [3.63, 3.8) is 0 Å². The standard InChI is InChI=1S/C18H18N4O3S/c19-12-14-3-5-17(6-4-14)26(24,25)22-10-7-15(8-11-22)18(23)21-16-2-1-9-20-13-16/h1-6,9,13,15H,7-8,10-11H2,(H,21,23). The van der Waals surface area contributed by atoms with Crippen molar-refractivity contribution in [2.45, 2.75) is 17.7 Å². The van der Waals surface area contributed by atoms with Gasteiger partial charge in [-0.15, -0.1) is 0 Å². The second-order valence-corrected chi connectivity index (χ2v) is 7.98. The van der Waals surface area contributed by atoms with Gasteiger partial charge in [-0.25, -0.2) is 8.42 Å². The number of carbonyl (C=O) groups excluding carboxylic acids is 1. The normalized spacial score (nSPS) is 16.0. The SMILES string of the molecule is N#Cc1ccc(S(=O)(=O)N2CCC(C(=O)Nc3cccnc3)CC2)cc1. The Hall–Kier alpha value is -2.76. The van der Waals surface area contributed by atoms with E-state index < -0.39 is 10.0 Å². The lowest BCUT2D eigenvalue weighted by molar-refractivity contribution is -0.120. The van der Waals surface area contributed by atoms with Crippen molar-refractivity contribution in [1.82, 2.24) is 9.29 Å². The van der Waals surface area contributed by atoms with E-state index >= 15 is 0 Å². The number of hydrogen-bond acceptors (Lipinski definition) is 5. The summed E-state index contributed by atoms with van der Waals surface area (Å²) < 4.78 is 26.8. The fourth-order valence-electron chi connectivity index (χ4n) is 2.89.